The van der Waals surface area contributed by atoms with E-state index in [9.17, 15) is 9.59 Å². The summed E-state index contributed by atoms with van der Waals surface area (Å²) in [6.07, 6.45) is 0. The Labute approximate surface area is 171 Å². The second kappa shape index (κ2) is 7.92. The third kappa shape index (κ3) is 3.66. The van der Waals surface area contributed by atoms with Gasteiger partial charge in [0.25, 0.3) is 5.91 Å². The topological polar surface area (TPSA) is 40.6 Å². The average Bonchev–Trinajstić information content (AvgIpc) is 2.76. The van der Waals surface area contributed by atoms with Crippen molar-refractivity contribution in [3.8, 4) is 11.1 Å². The van der Waals surface area contributed by atoms with Crippen LogP contribution < -0.4 is 4.90 Å². The molecule has 1 atom stereocenters. The van der Waals surface area contributed by atoms with E-state index in [4.69, 9.17) is 0 Å². The fraction of sp³-hybridized carbons (Fsp3) is 0.200. The normalized spacial score (nSPS) is 16.8. The summed E-state index contributed by atoms with van der Waals surface area (Å²) in [7, 11) is 0. The van der Waals surface area contributed by atoms with E-state index in [1.54, 1.807) is 4.90 Å². The van der Waals surface area contributed by atoms with Crippen molar-refractivity contribution in [2.45, 2.75) is 19.9 Å². The van der Waals surface area contributed by atoms with Crippen molar-refractivity contribution >= 4 is 17.5 Å². The summed E-state index contributed by atoms with van der Waals surface area (Å²) in [5.74, 6) is -0.151. The fourth-order valence-electron chi connectivity index (χ4n) is 3.82. The van der Waals surface area contributed by atoms with Crippen molar-refractivity contribution in [1.29, 1.82) is 0 Å². The molecule has 0 unspecified atom stereocenters. The van der Waals surface area contributed by atoms with Gasteiger partial charge in [-0.25, -0.2) is 0 Å². The zero-order chi connectivity index (χ0) is 20.4. The predicted molar refractivity (Wildman–Crippen MR) is 116 cm³/mol. The molecule has 2 amide bonds. The first-order valence-corrected chi connectivity index (χ1v) is 9.90. The number of rotatable bonds is 3. The molecule has 4 rings (SSSR count). The minimum absolute atomic E-state index is 0.0555. The Hall–Kier alpha value is -3.40. The van der Waals surface area contributed by atoms with Gasteiger partial charge in [-0.2, -0.15) is 0 Å². The maximum Gasteiger partial charge on any atom is 0.254 e. The Kier molecular flexibility index (Phi) is 5.17. The maximum absolute atomic E-state index is 13.2. The van der Waals surface area contributed by atoms with Crippen LogP contribution in [0.3, 0.4) is 0 Å². The standard InChI is InChI=1S/C25H24N2O2/c1-18-12-14-21(15-13-18)25(29)26-16-17-27(24(28)19(26)2)23-11-7-6-10-22(23)20-8-4-3-5-9-20/h3-15,19H,16-17H2,1-2H3/t19-/m1/s1. The highest BCUT2D eigenvalue weighted by atomic mass is 16.2. The number of hydrogen-bond donors (Lipinski definition) is 0. The lowest BCUT2D eigenvalue weighted by molar-refractivity contribution is -0.124. The lowest BCUT2D eigenvalue weighted by Crippen LogP contribution is -2.57. The van der Waals surface area contributed by atoms with E-state index in [1.807, 2.05) is 97.6 Å². The van der Waals surface area contributed by atoms with Gasteiger partial charge in [0.1, 0.15) is 6.04 Å². The minimum atomic E-state index is -0.513. The molecule has 146 valence electrons. The number of nitrogens with zero attached hydrogens (tertiary/aromatic N) is 2. The summed E-state index contributed by atoms with van der Waals surface area (Å²) in [5.41, 5.74) is 4.70. The summed E-state index contributed by atoms with van der Waals surface area (Å²) in [4.78, 5) is 29.7. The molecule has 0 radical (unpaired) electrons. The number of piperazine rings is 1. The number of benzene rings is 3. The third-order valence-corrected chi connectivity index (χ3v) is 5.49. The van der Waals surface area contributed by atoms with Crippen molar-refractivity contribution in [1.82, 2.24) is 4.90 Å². The predicted octanol–water partition coefficient (Wildman–Crippen LogP) is 4.54. The molecule has 4 nitrogen and oxygen atoms in total. The Morgan fingerprint density at radius 2 is 1.52 bits per heavy atom. The van der Waals surface area contributed by atoms with Crippen LogP contribution in [0.5, 0.6) is 0 Å². The molecule has 0 aromatic heterocycles. The lowest BCUT2D eigenvalue weighted by Gasteiger charge is -2.39. The molecule has 0 bridgehead atoms. The molecule has 1 saturated heterocycles. The second-order valence-electron chi connectivity index (χ2n) is 7.41. The molecule has 4 heteroatoms. The Bertz CT molecular complexity index is 1030. The van der Waals surface area contributed by atoms with Gasteiger partial charge in [0.2, 0.25) is 5.91 Å². The molecule has 3 aromatic carbocycles. The molecular formula is C25H24N2O2. The molecule has 3 aromatic rings. The van der Waals surface area contributed by atoms with E-state index >= 15 is 0 Å². The summed E-state index contributed by atoms with van der Waals surface area (Å²) < 4.78 is 0. The first-order valence-electron chi connectivity index (χ1n) is 9.90. The van der Waals surface area contributed by atoms with Gasteiger partial charge in [0.15, 0.2) is 0 Å². The van der Waals surface area contributed by atoms with E-state index < -0.39 is 6.04 Å². The number of hydrogen-bond acceptors (Lipinski definition) is 2. The van der Waals surface area contributed by atoms with Crippen molar-refractivity contribution < 1.29 is 9.59 Å². The fourth-order valence-corrected chi connectivity index (χ4v) is 3.82. The van der Waals surface area contributed by atoms with Crippen molar-refractivity contribution in [3.63, 3.8) is 0 Å². The number of anilines is 1. The van der Waals surface area contributed by atoms with E-state index in [1.165, 1.54) is 0 Å². The highest BCUT2D eigenvalue weighted by molar-refractivity contribution is 6.05. The zero-order valence-corrected chi connectivity index (χ0v) is 16.7. The summed E-state index contributed by atoms with van der Waals surface area (Å²) in [5, 5.41) is 0. The minimum Gasteiger partial charge on any atom is -0.325 e. The molecule has 1 heterocycles. The summed E-state index contributed by atoms with van der Waals surface area (Å²) in [6, 6.07) is 25.0. The van der Waals surface area contributed by atoms with Gasteiger partial charge < -0.3 is 9.80 Å². The van der Waals surface area contributed by atoms with Crippen LogP contribution in [0.2, 0.25) is 0 Å². The van der Waals surface area contributed by atoms with Crippen molar-refractivity contribution in [2.75, 3.05) is 18.0 Å². The van der Waals surface area contributed by atoms with Crippen LogP contribution in [-0.4, -0.2) is 35.8 Å². The molecule has 0 N–H and O–H groups in total. The number of carbonyl (C=O) groups excluding carboxylic acids is 2. The monoisotopic (exact) mass is 384 g/mol. The van der Waals surface area contributed by atoms with Crippen LogP contribution in [-0.2, 0) is 4.79 Å². The van der Waals surface area contributed by atoms with Crippen LogP contribution in [0.25, 0.3) is 11.1 Å². The van der Waals surface area contributed by atoms with Gasteiger partial charge in [-0.05, 0) is 37.6 Å². The molecule has 1 fully saturated rings. The highest BCUT2D eigenvalue weighted by Gasteiger charge is 2.36. The highest BCUT2D eigenvalue weighted by Crippen LogP contribution is 2.32. The summed E-state index contributed by atoms with van der Waals surface area (Å²) >= 11 is 0. The number of para-hydroxylation sites is 1. The van der Waals surface area contributed by atoms with E-state index in [0.717, 1.165) is 22.4 Å². The molecule has 29 heavy (non-hydrogen) atoms. The third-order valence-electron chi connectivity index (χ3n) is 5.49. The first-order chi connectivity index (χ1) is 14.1. The van der Waals surface area contributed by atoms with Crippen LogP contribution >= 0.6 is 0 Å². The Balaban J connectivity index is 1.60. The van der Waals surface area contributed by atoms with E-state index in [-0.39, 0.29) is 11.8 Å². The lowest BCUT2D eigenvalue weighted by atomic mass is 10.0. The largest absolute Gasteiger partial charge is 0.325 e. The van der Waals surface area contributed by atoms with Gasteiger partial charge in [-0.15, -0.1) is 0 Å². The molecule has 1 aliphatic rings. The molecule has 0 saturated carbocycles. The number of carbonyl (C=O) groups is 2. The van der Waals surface area contributed by atoms with Gasteiger partial charge in [0, 0.05) is 24.2 Å². The van der Waals surface area contributed by atoms with E-state index in [2.05, 4.69) is 0 Å². The molecule has 0 spiro atoms. The molecule has 0 aliphatic carbocycles. The smallest absolute Gasteiger partial charge is 0.254 e. The SMILES string of the molecule is Cc1ccc(C(=O)N2CCN(c3ccccc3-c3ccccc3)C(=O)[C@H]2C)cc1. The average molecular weight is 384 g/mol. The van der Waals surface area contributed by atoms with Gasteiger partial charge >= 0.3 is 0 Å². The first kappa shape index (κ1) is 18.9. The van der Waals surface area contributed by atoms with Crippen molar-refractivity contribution in [3.05, 3.63) is 90.0 Å². The van der Waals surface area contributed by atoms with Crippen molar-refractivity contribution in [2.24, 2.45) is 0 Å². The molecular weight excluding hydrogens is 360 g/mol. The number of amides is 2. The van der Waals surface area contributed by atoms with Gasteiger partial charge in [0.05, 0.1) is 5.69 Å². The Morgan fingerprint density at radius 1 is 0.862 bits per heavy atom. The van der Waals surface area contributed by atoms with Gasteiger partial charge in [-0.3, -0.25) is 9.59 Å². The quantitative estimate of drug-likeness (QED) is 0.665. The van der Waals surface area contributed by atoms with Crippen LogP contribution in [0.4, 0.5) is 5.69 Å². The molecule has 1 aliphatic heterocycles. The second-order valence-corrected chi connectivity index (χ2v) is 7.41. The number of aryl methyl sites for hydroxylation is 1. The maximum atomic E-state index is 13.2. The van der Waals surface area contributed by atoms with Crippen LogP contribution in [0.1, 0.15) is 22.8 Å². The summed E-state index contributed by atoms with van der Waals surface area (Å²) in [6.45, 7) is 4.78. The van der Waals surface area contributed by atoms with Gasteiger partial charge in [-0.1, -0.05) is 66.2 Å². The zero-order valence-electron chi connectivity index (χ0n) is 16.7. The van der Waals surface area contributed by atoms with Crippen LogP contribution in [0.15, 0.2) is 78.9 Å². The van der Waals surface area contributed by atoms with Crippen LogP contribution in [0, 0.1) is 6.92 Å². The van der Waals surface area contributed by atoms with E-state index in [0.29, 0.717) is 18.7 Å². The Morgan fingerprint density at radius 3 is 2.24 bits per heavy atom.